The van der Waals surface area contributed by atoms with Crippen molar-refractivity contribution in [3.05, 3.63) is 30.1 Å². The van der Waals surface area contributed by atoms with E-state index in [0.717, 1.165) is 0 Å². The van der Waals surface area contributed by atoms with Gasteiger partial charge in [0, 0.05) is 24.0 Å². The van der Waals surface area contributed by atoms with Crippen LogP contribution in [0.15, 0.2) is 24.5 Å². The number of hydrogen-bond acceptors (Lipinski definition) is 3. The number of ether oxygens (including phenoxy) is 1. The molecule has 0 radical (unpaired) electrons. The van der Waals surface area contributed by atoms with E-state index in [-0.39, 0.29) is 0 Å². The van der Waals surface area contributed by atoms with Crippen molar-refractivity contribution in [1.82, 2.24) is 4.98 Å². The standard InChI is InChI=1S/C11H15F3N2O/c1-8(15)10(9-3-2-5-16-7-9)17-6-4-11(12,13)14/h2-3,5,7-8,10H,4,6,15H2,1H3. The molecule has 1 rings (SSSR count). The summed E-state index contributed by atoms with van der Waals surface area (Å²) in [5.41, 5.74) is 6.37. The molecule has 96 valence electrons. The van der Waals surface area contributed by atoms with E-state index < -0.39 is 31.3 Å². The normalized spacial score (nSPS) is 15.6. The van der Waals surface area contributed by atoms with Crippen LogP contribution in [0.1, 0.15) is 25.0 Å². The second kappa shape index (κ2) is 5.97. The molecule has 2 atom stereocenters. The van der Waals surface area contributed by atoms with Crippen molar-refractivity contribution in [2.75, 3.05) is 6.61 Å². The molecule has 0 aliphatic rings. The van der Waals surface area contributed by atoms with Gasteiger partial charge in [-0.1, -0.05) is 6.07 Å². The van der Waals surface area contributed by atoms with E-state index in [1.807, 2.05) is 0 Å². The van der Waals surface area contributed by atoms with Gasteiger partial charge >= 0.3 is 6.18 Å². The van der Waals surface area contributed by atoms with Crippen molar-refractivity contribution in [3.63, 3.8) is 0 Å². The molecule has 1 heterocycles. The first-order valence-electron chi connectivity index (χ1n) is 5.24. The molecule has 6 heteroatoms. The van der Waals surface area contributed by atoms with E-state index in [2.05, 4.69) is 4.98 Å². The number of halogens is 3. The van der Waals surface area contributed by atoms with Gasteiger partial charge < -0.3 is 10.5 Å². The van der Waals surface area contributed by atoms with Crippen LogP contribution in [-0.4, -0.2) is 23.8 Å². The van der Waals surface area contributed by atoms with E-state index in [1.165, 1.54) is 0 Å². The molecular formula is C11H15F3N2O. The Morgan fingerprint density at radius 2 is 2.18 bits per heavy atom. The smallest absolute Gasteiger partial charge is 0.372 e. The van der Waals surface area contributed by atoms with Gasteiger partial charge in [-0.3, -0.25) is 4.98 Å². The van der Waals surface area contributed by atoms with Gasteiger partial charge in [0.25, 0.3) is 0 Å². The third-order valence-corrected chi connectivity index (χ3v) is 2.17. The van der Waals surface area contributed by atoms with Crippen molar-refractivity contribution < 1.29 is 17.9 Å². The zero-order valence-electron chi connectivity index (χ0n) is 9.45. The fourth-order valence-electron chi connectivity index (χ4n) is 1.40. The van der Waals surface area contributed by atoms with E-state index in [4.69, 9.17) is 10.5 Å². The lowest BCUT2D eigenvalue weighted by Gasteiger charge is -2.21. The van der Waals surface area contributed by atoms with Crippen molar-refractivity contribution >= 4 is 0 Å². The van der Waals surface area contributed by atoms with Crippen molar-refractivity contribution in [2.24, 2.45) is 5.73 Å². The largest absolute Gasteiger partial charge is 0.391 e. The minimum atomic E-state index is -4.21. The molecule has 1 aromatic rings. The summed E-state index contributed by atoms with van der Waals surface area (Å²) < 4.78 is 41.1. The molecule has 0 aliphatic heterocycles. The van der Waals surface area contributed by atoms with E-state index >= 15 is 0 Å². The lowest BCUT2D eigenvalue weighted by molar-refractivity contribution is -0.150. The summed E-state index contributed by atoms with van der Waals surface area (Å²) in [5, 5.41) is 0. The summed E-state index contributed by atoms with van der Waals surface area (Å²) >= 11 is 0. The molecule has 0 aliphatic carbocycles. The molecular weight excluding hydrogens is 233 g/mol. The number of rotatable bonds is 5. The summed E-state index contributed by atoms with van der Waals surface area (Å²) in [4.78, 5) is 3.89. The Morgan fingerprint density at radius 3 is 2.65 bits per heavy atom. The van der Waals surface area contributed by atoms with Crippen molar-refractivity contribution in [2.45, 2.75) is 31.7 Å². The maximum atomic E-state index is 12.0. The molecule has 0 fully saturated rings. The number of alkyl halides is 3. The Morgan fingerprint density at radius 1 is 1.47 bits per heavy atom. The van der Waals surface area contributed by atoms with Crippen LogP contribution in [0.3, 0.4) is 0 Å². The molecule has 0 amide bonds. The van der Waals surface area contributed by atoms with Crippen LogP contribution in [0.25, 0.3) is 0 Å². The second-order valence-corrected chi connectivity index (χ2v) is 3.80. The van der Waals surface area contributed by atoms with Crippen LogP contribution in [0, 0.1) is 0 Å². The number of nitrogens with zero attached hydrogens (tertiary/aromatic N) is 1. The Hall–Kier alpha value is -1.14. The first kappa shape index (κ1) is 13.9. The first-order chi connectivity index (χ1) is 7.90. The number of pyridine rings is 1. The van der Waals surface area contributed by atoms with Crippen molar-refractivity contribution in [3.8, 4) is 0 Å². The van der Waals surface area contributed by atoms with Gasteiger partial charge in [-0.2, -0.15) is 13.2 Å². The van der Waals surface area contributed by atoms with E-state index in [0.29, 0.717) is 5.56 Å². The van der Waals surface area contributed by atoms with Crippen LogP contribution in [-0.2, 0) is 4.74 Å². The highest BCUT2D eigenvalue weighted by molar-refractivity contribution is 5.13. The number of nitrogens with two attached hydrogens (primary N) is 1. The van der Waals surface area contributed by atoms with Crippen LogP contribution in [0.4, 0.5) is 13.2 Å². The first-order valence-corrected chi connectivity index (χ1v) is 5.24. The quantitative estimate of drug-likeness (QED) is 0.870. The average molecular weight is 248 g/mol. The van der Waals surface area contributed by atoms with Crippen LogP contribution < -0.4 is 5.73 Å². The lowest BCUT2D eigenvalue weighted by atomic mass is 10.1. The third-order valence-electron chi connectivity index (χ3n) is 2.17. The number of aromatic nitrogens is 1. The zero-order chi connectivity index (χ0) is 12.9. The predicted octanol–water partition coefficient (Wildman–Crippen LogP) is 2.44. The van der Waals surface area contributed by atoms with Gasteiger partial charge in [0.1, 0.15) is 0 Å². The maximum Gasteiger partial charge on any atom is 0.391 e. The third kappa shape index (κ3) is 5.14. The summed E-state index contributed by atoms with van der Waals surface area (Å²) in [7, 11) is 0. The molecule has 1 aromatic heterocycles. The molecule has 2 unspecified atom stereocenters. The summed E-state index contributed by atoms with van der Waals surface area (Å²) in [6.45, 7) is 1.29. The fraction of sp³-hybridized carbons (Fsp3) is 0.545. The van der Waals surface area contributed by atoms with Gasteiger partial charge in [0.2, 0.25) is 0 Å². The molecule has 3 nitrogen and oxygen atoms in total. The highest BCUT2D eigenvalue weighted by Crippen LogP contribution is 2.23. The average Bonchev–Trinajstić information content (AvgIpc) is 2.23. The molecule has 0 bridgehead atoms. The molecule has 17 heavy (non-hydrogen) atoms. The SMILES string of the molecule is CC(N)C(OCCC(F)(F)F)c1cccnc1. The molecule has 2 N–H and O–H groups in total. The van der Waals surface area contributed by atoms with Gasteiger partial charge in [0.15, 0.2) is 0 Å². The van der Waals surface area contributed by atoms with Gasteiger partial charge in [-0.15, -0.1) is 0 Å². The lowest BCUT2D eigenvalue weighted by Crippen LogP contribution is -2.28. The maximum absolute atomic E-state index is 12.0. The fourth-order valence-corrected chi connectivity index (χ4v) is 1.40. The molecule has 0 aromatic carbocycles. The highest BCUT2D eigenvalue weighted by atomic mass is 19.4. The summed E-state index contributed by atoms with van der Waals surface area (Å²) in [6.07, 6.45) is -2.63. The Kier molecular flexibility index (Phi) is 4.89. The van der Waals surface area contributed by atoms with Gasteiger partial charge in [0.05, 0.1) is 19.1 Å². The molecule has 0 spiro atoms. The summed E-state index contributed by atoms with van der Waals surface area (Å²) in [5.74, 6) is 0. The van der Waals surface area contributed by atoms with Crippen molar-refractivity contribution in [1.29, 1.82) is 0 Å². The second-order valence-electron chi connectivity index (χ2n) is 3.80. The van der Waals surface area contributed by atoms with Gasteiger partial charge in [-0.05, 0) is 13.0 Å². The minimum absolute atomic E-state index is 0.396. The van der Waals surface area contributed by atoms with Crippen LogP contribution >= 0.6 is 0 Å². The topological polar surface area (TPSA) is 48.1 Å². The zero-order valence-corrected chi connectivity index (χ0v) is 9.45. The molecule has 0 saturated carbocycles. The Bertz CT molecular complexity index is 327. The highest BCUT2D eigenvalue weighted by Gasteiger charge is 2.28. The monoisotopic (exact) mass is 248 g/mol. The van der Waals surface area contributed by atoms with E-state index in [1.54, 1.807) is 31.5 Å². The predicted molar refractivity (Wildman–Crippen MR) is 57.3 cm³/mol. The Balaban J connectivity index is 2.57. The summed E-state index contributed by atoms with van der Waals surface area (Å²) in [6, 6.07) is 3.03. The Labute approximate surface area is 97.8 Å². The van der Waals surface area contributed by atoms with E-state index in [9.17, 15) is 13.2 Å². The molecule has 0 saturated heterocycles. The van der Waals surface area contributed by atoms with Crippen LogP contribution in [0.5, 0.6) is 0 Å². The number of hydrogen-bond donors (Lipinski definition) is 1. The van der Waals surface area contributed by atoms with Crippen LogP contribution in [0.2, 0.25) is 0 Å². The minimum Gasteiger partial charge on any atom is -0.372 e. The van der Waals surface area contributed by atoms with Gasteiger partial charge in [-0.25, -0.2) is 0 Å².